The van der Waals surface area contributed by atoms with Gasteiger partial charge in [0.1, 0.15) is 0 Å². The Kier molecular flexibility index (Phi) is 5.26. The first-order valence-corrected chi connectivity index (χ1v) is 7.39. The second kappa shape index (κ2) is 6.72. The third kappa shape index (κ3) is 3.94. The lowest BCUT2D eigenvalue weighted by Gasteiger charge is -2.35. The first-order valence-electron chi connectivity index (χ1n) is 7.39. The maximum absolute atomic E-state index is 5.95. The van der Waals surface area contributed by atoms with Crippen LogP contribution < -0.4 is 5.73 Å². The van der Waals surface area contributed by atoms with Gasteiger partial charge in [0, 0.05) is 25.7 Å². The predicted octanol–water partition coefficient (Wildman–Crippen LogP) is 2.15. The van der Waals surface area contributed by atoms with Crippen LogP contribution in [0.5, 0.6) is 0 Å². The normalized spacial score (nSPS) is 31.2. The molecule has 100 valence electrons. The van der Waals surface area contributed by atoms with Crippen LogP contribution in [0.3, 0.4) is 0 Å². The maximum Gasteiger partial charge on any atom is 0.0706 e. The fraction of sp³-hybridized carbons (Fsp3) is 1.00. The van der Waals surface area contributed by atoms with Crippen LogP contribution in [0, 0.1) is 0 Å². The lowest BCUT2D eigenvalue weighted by molar-refractivity contribution is 0.0174. The molecule has 1 aliphatic heterocycles. The molecule has 2 aliphatic rings. The summed E-state index contributed by atoms with van der Waals surface area (Å²) in [6.45, 7) is 5.11. The molecule has 1 aliphatic carbocycles. The molecule has 0 aromatic rings. The second-order valence-corrected chi connectivity index (χ2v) is 5.72. The van der Waals surface area contributed by atoms with Crippen molar-refractivity contribution in [3.8, 4) is 0 Å². The van der Waals surface area contributed by atoms with Gasteiger partial charge in [0.15, 0.2) is 0 Å². The van der Waals surface area contributed by atoms with Crippen LogP contribution in [0.15, 0.2) is 0 Å². The molecule has 1 saturated heterocycles. The first-order chi connectivity index (χ1) is 8.29. The molecular weight excluding hydrogens is 212 g/mol. The van der Waals surface area contributed by atoms with Gasteiger partial charge in [0.25, 0.3) is 0 Å². The zero-order valence-corrected chi connectivity index (χ0v) is 11.2. The molecule has 0 amide bonds. The van der Waals surface area contributed by atoms with E-state index >= 15 is 0 Å². The van der Waals surface area contributed by atoms with Gasteiger partial charge >= 0.3 is 0 Å². The van der Waals surface area contributed by atoms with E-state index in [0.29, 0.717) is 12.2 Å². The quantitative estimate of drug-likeness (QED) is 0.800. The van der Waals surface area contributed by atoms with Gasteiger partial charge in [-0.2, -0.15) is 0 Å². The number of nitrogens with two attached hydrogens (primary N) is 1. The predicted molar refractivity (Wildman–Crippen MR) is 71.1 cm³/mol. The van der Waals surface area contributed by atoms with E-state index in [4.69, 9.17) is 10.5 Å². The van der Waals surface area contributed by atoms with Crippen LogP contribution in [0.1, 0.15) is 51.9 Å². The number of ether oxygens (including phenoxy) is 1. The van der Waals surface area contributed by atoms with Gasteiger partial charge in [-0.25, -0.2) is 0 Å². The lowest BCUT2D eigenvalue weighted by atomic mass is 9.94. The molecular formula is C14H28N2O. The summed E-state index contributed by atoms with van der Waals surface area (Å²) in [5.74, 6) is 0. The molecule has 2 atom stereocenters. The number of hydrogen-bond acceptors (Lipinski definition) is 3. The molecule has 0 spiro atoms. The smallest absolute Gasteiger partial charge is 0.0706 e. The minimum absolute atomic E-state index is 0.457. The Hall–Kier alpha value is -0.120. The Morgan fingerprint density at radius 3 is 2.47 bits per heavy atom. The van der Waals surface area contributed by atoms with Crippen LogP contribution in [0.4, 0.5) is 0 Å². The Balaban J connectivity index is 1.82. The van der Waals surface area contributed by atoms with E-state index in [9.17, 15) is 0 Å². The molecule has 2 rings (SSSR count). The van der Waals surface area contributed by atoms with Crippen molar-refractivity contribution in [1.29, 1.82) is 0 Å². The van der Waals surface area contributed by atoms with Gasteiger partial charge in [0.2, 0.25) is 0 Å². The van der Waals surface area contributed by atoms with Crippen molar-refractivity contribution in [2.75, 3.05) is 19.6 Å². The molecule has 1 saturated carbocycles. The molecule has 17 heavy (non-hydrogen) atoms. The molecule has 0 aromatic heterocycles. The van der Waals surface area contributed by atoms with Gasteiger partial charge < -0.3 is 10.5 Å². The molecule has 2 unspecified atom stereocenters. The van der Waals surface area contributed by atoms with Crippen molar-refractivity contribution in [3.05, 3.63) is 0 Å². The van der Waals surface area contributed by atoms with Crippen molar-refractivity contribution in [3.63, 3.8) is 0 Å². The van der Waals surface area contributed by atoms with E-state index in [1.807, 2.05) is 0 Å². The van der Waals surface area contributed by atoms with Crippen LogP contribution in [-0.4, -0.2) is 42.8 Å². The molecule has 3 nitrogen and oxygen atoms in total. The van der Waals surface area contributed by atoms with E-state index in [1.54, 1.807) is 0 Å². The van der Waals surface area contributed by atoms with Crippen molar-refractivity contribution in [1.82, 2.24) is 4.90 Å². The largest absolute Gasteiger partial charge is 0.374 e. The minimum atomic E-state index is 0.457. The van der Waals surface area contributed by atoms with E-state index in [1.165, 1.54) is 44.9 Å². The molecule has 3 heteroatoms. The van der Waals surface area contributed by atoms with E-state index in [-0.39, 0.29) is 0 Å². The first kappa shape index (κ1) is 13.3. The summed E-state index contributed by atoms with van der Waals surface area (Å²) in [4.78, 5) is 2.60. The summed E-state index contributed by atoms with van der Waals surface area (Å²) in [6, 6.07) is 0.770. The number of hydrogen-bond donors (Lipinski definition) is 1. The SMILES string of the molecule is CC1CCC(CN(CCN)C2CCCCC2)O1. The highest BCUT2D eigenvalue weighted by atomic mass is 16.5. The number of nitrogens with zero attached hydrogens (tertiary/aromatic N) is 1. The van der Waals surface area contributed by atoms with Crippen molar-refractivity contribution in [2.45, 2.75) is 70.1 Å². The highest BCUT2D eigenvalue weighted by molar-refractivity contribution is 4.81. The monoisotopic (exact) mass is 240 g/mol. The summed E-state index contributed by atoms with van der Waals surface area (Å²) >= 11 is 0. The molecule has 2 N–H and O–H groups in total. The van der Waals surface area contributed by atoms with E-state index in [0.717, 1.165) is 25.7 Å². The highest BCUT2D eigenvalue weighted by Gasteiger charge is 2.27. The Morgan fingerprint density at radius 2 is 1.88 bits per heavy atom. The summed E-state index contributed by atoms with van der Waals surface area (Å²) in [5.41, 5.74) is 5.76. The summed E-state index contributed by atoms with van der Waals surface area (Å²) in [7, 11) is 0. The topological polar surface area (TPSA) is 38.5 Å². The third-order valence-electron chi connectivity index (χ3n) is 4.27. The van der Waals surface area contributed by atoms with Crippen molar-refractivity contribution in [2.24, 2.45) is 5.73 Å². The summed E-state index contributed by atoms with van der Waals surface area (Å²) in [5, 5.41) is 0. The molecule has 0 aromatic carbocycles. The lowest BCUT2D eigenvalue weighted by Crippen LogP contribution is -2.44. The van der Waals surface area contributed by atoms with Gasteiger partial charge in [-0.15, -0.1) is 0 Å². The summed E-state index contributed by atoms with van der Waals surface area (Å²) in [6.07, 6.45) is 10.3. The Bertz CT molecular complexity index is 216. The molecule has 0 bridgehead atoms. The zero-order chi connectivity index (χ0) is 12.1. The van der Waals surface area contributed by atoms with Crippen LogP contribution in [0.25, 0.3) is 0 Å². The van der Waals surface area contributed by atoms with Crippen molar-refractivity contribution >= 4 is 0 Å². The maximum atomic E-state index is 5.95. The minimum Gasteiger partial charge on any atom is -0.374 e. The second-order valence-electron chi connectivity index (χ2n) is 5.72. The number of rotatable bonds is 5. The zero-order valence-electron chi connectivity index (χ0n) is 11.2. The van der Waals surface area contributed by atoms with Gasteiger partial charge in [-0.1, -0.05) is 19.3 Å². The van der Waals surface area contributed by atoms with Gasteiger partial charge in [-0.05, 0) is 32.6 Å². The van der Waals surface area contributed by atoms with E-state index in [2.05, 4.69) is 11.8 Å². The van der Waals surface area contributed by atoms with Gasteiger partial charge in [-0.3, -0.25) is 4.90 Å². The van der Waals surface area contributed by atoms with Gasteiger partial charge in [0.05, 0.1) is 12.2 Å². The average Bonchev–Trinajstić information content (AvgIpc) is 2.75. The van der Waals surface area contributed by atoms with Crippen LogP contribution >= 0.6 is 0 Å². The summed E-state index contributed by atoms with van der Waals surface area (Å²) < 4.78 is 5.95. The highest BCUT2D eigenvalue weighted by Crippen LogP contribution is 2.25. The fourth-order valence-electron chi connectivity index (χ4n) is 3.32. The average molecular weight is 240 g/mol. The fourth-order valence-corrected chi connectivity index (χ4v) is 3.32. The van der Waals surface area contributed by atoms with E-state index < -0.39 is 0 Å². The molecule has 0 radical (unpaired) electrons. The Labute approximate surface area is 106 Å². The standard InChI is InChI=1S/C14H28N2O/c1-12-7-8-14(17-12)11-16(10-9-15)13-5-3-2-4-6-13/h12-14H,2-11,15H2,1H3. The van der Waals surface area contributed by atoms with Crippen molar-refractivity contribution < 1.29 is 4.74 Å². The third-order valence-corrected chi connectivity index (χ3v) is 4.27. The van der Waals surface area contributed by atoms with Crippen LogP contribution in [-0.2, 0) is 4.74 Å². The molecule has 1 heterocycles. The Morgan fingerprint density at radius 1 is 1.12 bits per heavy atom. The molecule has 2 fully saturated rings. The van der Waals surface area contributed by atoms with Crippen LogP contribution in [0.2, 0.25) is 0 Å².